The number of imidazole rings is 1. The smallest absolute Gasteiger partial charge is 0.296 e. The zero-order chi connectivity index (χ0) is 19.4. The van der Waals surface area contributed by atoms with Crippen LogP contribution in [-0.4, -0.2) is 32.7 Å². The molecule has 1 N–H and O–H groups in total. The van der Waals surface area contributed by atoms with Crippen molar-refractivity contribution in [3.8, 4) is 5.75 Å². The lowest BCUT2D eigenvalue weighted by atomic mass is 10.2. The number of nitro groups is 1. The van der Waals surface area contributed by atoms with Gasteiger partial charge in [-0.1, -0.05) is 23.9 Å². The Labute approximate surface area is 159 Å². The zero-order valence-electron chi connectivity index (χ0n) is 14.8. The third kappa shape index (κ3) is 4.20. The van der Waals surface area contributed by atoms with Crippen molar-refractivity contribution in [3.05, 3.63) is 52.6 Å². The predicted molar refractivity (Wildman–Crippen MR) is 104 cm³/mol. The molecule has 0 spiro atoms. The van der Waals surface area contributed by atoms with Crippen LogP contribution in [0.2, 0.25) is 0 Å². The van der Waals surface area contributed by atoms with E-state index in [1.807, 2.05) is 35.9 Å². The van der Waals surface area contributed by atoms with Crippen LogP contribution in [0.3, 0.4) is 0 Å². The van der Waals surface area contributed by atoms with Crippen LogP contribution in [0, 0.1) is 10.1 Å². The summed E-state index contributed by atoms with van der Waals surface area (Å²) < 4.78 is 7.18. The van der Waals surface area contributed by atoms with Gasteiger partial charge in [0.05, 0.1) is 34.4 Å². The summed E-state index contributed by atoms with van der Waals surface area (Å²) in [5.74, 6) is 0.122. The fourth-order valence-electron chi connectivity index (χ4n) is 2.59. The topological polar surface area (TPSA) is 99.3 Å². The van der Waals surface area contributed by atoms with Gasteiger partial charge in [0.15, 0.2) is 5.16 Å². The van der Waals surface area contributed by atoms with E-state index in [2.05, 4.69) is 10.3 Å². The number of carbonyl (C=O) groups is 1. The van der Waals surface area contributed by atoms with Gasteiger partial charge in [-0.2, -0.15) is 0 Å². The molecule has 3 aromatic rings. The first-order chi connectivity index (χ1) is 13.0. The first-order valence-electron chi connectivity index (χ1n) is 8.25. The molecule has 9 heteroatoms. The summed E-state index contributed by atoms with van der Waals surface area (Å²) in [6, 6.07) is 12.1. The lowest BCUT2D eigenvalue weighted by Crippen LogP contribution is -2.15. The quantitative estimate of drug-likeness (QED) is 0.378. The minimum absolute atomic E-state index is 0.0848. The van der Waals surface area contributed by atoms with Crippen molar-refractivity contribution in [3.63, 3.8) is 0 Å². The van der Waals surface area contributed by atoms with E-state index in [-0.39, 0.29) is 23.0 Å². The van der Waals surface area contributed by atoms with Crippen LogP contribution < -0.4 is 10.1 Å². The number of aromatic nitrogens is 2. The van der Waals surface area contributed by atoms with Gasteiger partial charge in [0.1, 0.15) is 11.4 Å². The van der Waals surface area contributed by atoms with Gasteiger partial charge < -0.3 is 14.6 Å². The number of amides is 1. The number of benzene rings is 2. The highest BCUT2D eigenvalue weighted by Gasteiger charge is 2.18. The highest BCUT2D eigenvalue weighted by Crippen LogP contribution is 2.29. The molecule has 0 aliphatic heterocycles. The van der Waals surface area contributed by atoms with Gasteiger partial charge in [0.2, 0.25) is 5.91 Å². The normalized spacial score (nSPS) is 10.7. The Hall–Kier alpha value is -3.07. The Morgan fingerprint density at radius 3 is 2.81 bits per heavy atom. The van der Waals surface area contributed by atoms with Crippen molar-refractivity contribution >= 4 is 40.1 Å². The summed E-state index contributed by atoms with van der Waals surface area (Å²) in [6.45, 7) is 2.19. The Balaban J connectivity index is 1.70. The maximum atomic E-state index is 12.3. The third-order valence-electron chi connectivity index (χ3n) is 3.83. The molecule has 27 heavy (non-hydrogen) atoms. The molecule has 0 aliphatic rings. The van der Waals surface area contributed by atoms with E-state index in [1.165, 1.54) is 23.9 Å². The van der Waals surface area contributed by atoms with E-state index in [0.717, 1.165) is 11.0 Å². The summed E-state index contributed by atoms with van der Waals surface area (Å²) in [6.07, 6.45) is 0. The average Bonchev–Trinajstić information content (AvgIpc) is 2.97. The molecule has 0 bridgehead atoms. The average molecular weight is 386 g/mol. The standard InChI is InChI=1S/C18H18N4O4S/c1-3-26-12-8-9-14(16(10-12)22(24)25)19-17(23)11-27-18-20-13-6-4-5-7-15(13)21(18)2/h4-10H,3,11H2,1-2H3,(H,19,23). The Kier molecular flexibility index (Phi) is 5.60. The van der Waals surface area contributed by atoms with Gasteiger partial charge in [-0.3, -0.25) is 14.9 Å². The van der Waals surface area contributed by atoms with E-state index >= 15 is 0 Å². The molecule has 140 valence electrons. The zero-order valence-corrected chi connectivity index (χ0v) is 15.7. The summed E-state index contributed by atoms with van der Waals surface area (Å²) in [5.41, 5.74) is 1.76. The highest BCUT2D eigenvalue weighted by atomic mass is 32.2. The van der Waals surface area contributed by atoms with Crippen molar-refractivity contribution in [2.45, 2.75) is 12.1 Å². The van der Waals surface area contributed by atoms with Gasteiger partial charge in [-0.15, -0.1) is 0 Å². The molecule has 1 amide bonds. The molecule has 0 atom stereocenters. The van der Waals surface area contributed by atoms with Crippen molar-refractivity contribution in [2.75, 3.05) is 17.7 Å². The number of aryl methyl sites for hydroxylation is 1. The minimum atomic E-state index is -0.545. The first kappa shape index (κ1) is 18.7. The molecular weight excluding hydrogens is 368 g/mol. The maximum absolute atomic E-state index is 12.3. The van der Waals surface area contributed by atoms with Crippen molar-refractivity contribution in [2.24, 2.45) is 7.05 Å². The van der Waals surface area contributed by atoms with Crippen LogP contribution in [0.25, 0.3) is 11.0 Å². The van der Waals surface area contributed by atoms with E-state index in [4.69, 9.17) is 4.74 Å². The second-order valence-electron chi connectivity index (χ2n) is 5.65. The number of rotatable bonds is 7. The number of hydrogen-bond donors (Lipinski definition) is 1. The van der Waals surface area contributed by atoms with E-state index in [1.54, 1.807) is 13.0 Å². The number of nitrogens with zero attached hydrogens (tertiary/aromatic N) is 3. The fraction of sp³-hybridized carbons (Fsp3) is 0.222. The molecule has 3 rings (SSSR count). The van der Waals surface area contributed by atoms with Gasteiger partial charge in [0, 0.05) is 7.05 Å². The lowest BCUT2D eigenvalue weighted by molar-refractivity contribution is -0.384. The SMILES string of the molecule is CCOc1ccc(NC(=O)CSc2nc3ccccc3n2C)c([N+](=O)[O-])c1. The monoisotopic (exact) mass is 386 g/mol. The summed E-state index contributed by atoms with van der Waals surface area (Å²) in [5, 5.41) is 14.6. The molecule has 2 aromatic carbocycles. The second kappa shape index (κ2) is 8.09. The number of nitro benzene ring substituents is 1. The summed E-state index contributed by atoms with van der Waals surface area (Å²) in [7, 11) is 1.88. The maximum Gasteiger partial charge on any atom is 0.296 e. The molecule has 1 heterocycles. The number of thioether (sulfide) groups is 1. The number of hydrogen-bond acceptors (Lipinski definition) is 6. The Bertz CT molecular complexity index is 1000. The van der Waals surface area contributed by atoms with Crippen LogP contribution in [-0.2, 0) is 11.8 Å². The number of para-hydroxylation sites is 2. The van der Waals surface area contributed by atoms with Gasteiger partial charge in [-0.05, 0) is 31.2 Å². The number of carbonyl (C=O) groups excluding carboxylic acids is 1. The van der Waals surface area contributed by atoms with Crippen LogP contribution in [0.15, 0.2) is 47.6 Å². The van der Waals surface area contributed by atoms with Gasteiger partial charge in [-0.25, -0.2) is 4.98 Å². The summed E-state index contributed by atoms with van der Waals surface area (Å²) in [4.78, 5) is 27.5. The second-order valence-corrected chi connectivity index (χ2v) is 6.59. The molecule has 0 unspecified atom stereocenters. The molecule has 0 radical (unpaired) electrons. The first-order valence-corrected chi connectivity index (χ1v) is 9.23. The minimum Gasteiger partial charge on any atom is -0.494 e. The van der Waals surface area contributed by atoms with Crippen molar-refractivity contribution < 1.29 is 14.5 Å². The van der Waals surface area contributed by atoms with Crippen LogP contribution in [0.5, 0.6) is 5.75 Å². The summed E-state index contributed by atoms with van der Waals surface area (Å²) >= 11 is 1.27. The van der Waals surface area contributed by atoms with E-state index in [9.17, 15) is 14.9 Å². The van der Waals surface area contributed by atoms with Crippen LogP contribution in [0.1, 0.15) is 6.92 Å². The van der Waals surface area contributed by atoms with Crippen LogP contribution >= 0.6 is 11.8 Å². The van der Waals surface area contributed by atoms with Gasteiger partial charge >= 0.3 is 0 Å². The highest BCUT2D eigenvalue weighted by molar-refractivity contribution is 7.99. The molecule has 0 aliphatic carbocycles. The van der Waals surface area contributed by atoms with Crippen LogP contribution in [0.4, 0.5) is 11.4 Å². The van der Waals surface area contributed by atoms with E-state index < -0.39 is 4.92 Å². The molecule has 8 nitrogen and oxygen atoms in total. The largest absolute Gasteiger partial charge is 0.494 e. The lowest BCUT2D eigenvalue weighted by Gasteiger charge is -2.08. The van der Waals surface area contributed by atoms with Gasteiger partial charge in [0.25, 0.3) is 5.69 Å². The molecule has 0 saturated carbocycles. The number of fused-ring (bicyclic) bond motifs is 1. The van der Waals surface area contributed by atoms with Crippen molar-refractivity contribution in [1.82, 2.24) is 9.55 Å². The fourth-order valence-corrected chi connectivity index (χ4v) is 3.38. The Morgan fingerprint density at radius 1 is 1.33 bits per heavy atom. The van der Waals surface area contributed by atoms with E-state index in [0.29, 0.717) is 17.5 Å². The number of ether oxygens (including phenoxy) is 1. The molecule has 1 aromatic heterocycles. The molecule has 0 fully saturated rings. The third-order valence-corrected chi connectivity index (χ3v) is 4.86. The Morgan fingerprint density at radius 2 is 2.11 bits per heavy atom. The number of nitrogens with one attached hydrogen (secondary N) is 1. The molecular formula is C18H18N4O4S. The molecule has 0 saturated heterocycles. The number of anilines is 1. The predicted octanol–water partition coefficient (Wildman–Crippen LogP) is 3.61. The van der Waals surface area contributed by atoms with Crippen molar-refractivity contribution in [1.29, 1.82) is 0 Å².